The molecular weight excluding hydrogens is 427 g/mol. The predicted octanol–water partition coefficient (Wildman–Crippen LogP) is 12.8. The van der Waals surface area contributed by atoms with Gasteiger partial charge in [-0.15, -0.1) is 0 Å². The molecule has 0 heterocycles. The monoisotopic (exact) mass is 498 g/mol. The first-order valence-electron chi connectivity index (χ1n) is 16.4. The zero-order valence-corrected chi connectivity index (χ0v) is 25.8. The maximum absolute atomic E-state index is 2.48. The van der Waals surface area contributed by atoms with Gasteiger partial charge in [-0.1, -0.05) is 174 Å². The third-order valence-corrected chi connectivity index (χ3v) is 9.34. The second-order valence-corrected chi connectivity index (χ2v) is 17.6. The van der Waals surface area contributed by atoms with Gasteiger partial charge in [0, 0.05) is 27.3 Å². The molecule has 0 atom stereocenters. The van der Waals surface area contributed by atoms with Crippen molar-refractivity contribution in [1.29, 1.82) is 0 Å². The second kappa shape index (κ2) is 28.0. The molecule has 0 aliphatic heterocycles. The molecule has 0 amide bonds. The summed E-state index contributed by atoms with van der Waals surface area (Å²) in [5.74, 6) is 0. The van der Waals surface area contributed by atoms with E-state index in [1.54, 1.807) is 0 Å². The highest BCUT2D eigenvalue weighted by molar-refractivity contribution is 7.73. The van der Waals surface area contributed by atoms with Crippen molar-refractivity contribution in [3.63, 3.8) is 0 Å². The van der Waals surface area contributed by atoms with E-state index in [2.05, 4.69) is 26.9 Å². The second-order valence-electron chi connectivity index (χ2n) is 12.6. The topological polar surface area (TPSA) is 0 Å². The van der Waals surface area contributed by atoms with Crippen molar-refractivity contribution in [2.24, 2.45) is 0 Å². The summed E-state index contributed by atoms with van der Waals surface area (Å²) < 4.78 is 0. The summed E-state index contributed by atoms with van der Waals surface area (Å²) in [6.07, 6.45) is 43.1. The summed E-state index contributed by atoms with van der Waals surface area (Å²) >= 11 is 0. The minimum atomic E-state index is -0.517. The van der Waals surface area contributed by atoms with Crippen molar-refractivity contribution < 1.29 is 0 Å². The molecule has 0 aliphatic carbocycles. The Kier molecular flexibility index (Phi) is 28.4. The van der Waals surface area contributed by atoms with E-state index in [1.807, 2.05) is 0 Å². The standard InChI is InChI=1S/C33H70P/c1-5-6-7-8-9-10-11-12-13-14-15-16-17-18-19-20-21-22-23-24-25-26-27-28-29-30-31-32-33-34(2,3)4/h5-33H2,1-4H3/q+1. The van der Waals surface area contributed by atoms with Crippen LogP contribution in [0.5, 0.6) is 0 Å². The van der Waals surface area contributed by atoms with Gasteiger partial charge >= 0.3 is 0 Å². The molecule has 1 heteroatoms. The highest BCUT2D eigenvalue weighted by atomic mass is 31.2. The Morgan fingerprint density at radius 3 is 0.618 bits per heavy atom. The first-order chi connectivity index (χ1) is 16.6. The van der Waals surface area contributed by atoms with Gasteiger partial charge in [-0.25, -0.2) is 0 Å². The molecule has 0 bridgehead atoms. The molecule has 206 valence electrons. The zero-order chi connectivity index (χ0) is 25.0. The molecule has 0 fully saturated rings. The minimum Gasteiger partial charge on any atom is -0.0654 e. The zero-order valence-electron chi connectivity index (χ0n) is 25.0. The van der Waals surface area contributed by atoms with Crippen LogP contribution in [0.15, 0.2) is 0 Å². The van der Waals surface area contributed by atoms with Gasteiger partial charge in [0.1, 0.15) is 0 Å². The number of hydrogen-bond acceptors (Lipinski definition) is 0. The highest BCUT2D eigenvalue weighted by Gasteiger charge is 2.15. The third kappa shape index (κ3) is 32.4. The molecule has 0 rings (SSSR count). The number of hydrogen-bond donors (Lipinski definition) is 0. The van der Waals surface area contributed by atoms with Gasteiger partial charge in [-0.05, 0) is 12.8 Å². The molecule has 0 saturated carbocycles. The van der Waals surface area contributed by atoms with Crippen molar-refractivity contribution in [3.8, 4) is 0 Å². The van der Waals surface area contributed by atoms with E-state index < -0.39 is 7.26 Å². The van der Waals surface area contributed by atoms with Crippen LogP contribution in [-0.4, -0.2) is 26.2 Å². The summed E-state index contributed by atoms with van der Waals surface area (Å²) in [5, 5.41) is 0. The van der Waals surface area contributed by atoms with E-state index >= 15 is 0 Å². The van der Waals surface area contributed by atoms with Gasteiger partial charge in [0.15, 0.2) is 0 Å². The van der Waals surface area contributed by atoms with E-state index in [-0.39, 0.29) is 0 Å². The first kappa shape index (κ1) is 34.4. The molecule has 0 aromatic carbocycles. The van der Waals surface area contributed by atoms with Crippen molar-refractivity contribution in [2.45, 2.75) is 187 Å². The van der Waals surface area contributed by atoms with Crippen LogP contribution in [0.4, 0.5) is 0 Å². The van der Waals surface area contributed by atoms with Crippen LogP contribution >= 0.6 is 7.26 Å². The first-order valence-corrected chi connectivity index (χ1v) is 19.7. The summed E-state index contributed by atoms with van der Waals surface area (Å²) in [6.45, 7) is 9.75. The maximum Gasteiger partial charge on any atom is 0.0586 e. The summed E-state index contributed by atoms with van der Waals surface area (Å²) in [5.41, 5.74) is 0. The lowest BCUT2D eigenvalue weighted by atomic mass is 10.0. The fraction of sp³-hybridized carbons (Fsp3) is 1.00. The van der Waals surface area contributed by atoms with Crippen LogP contribution < -0.4 is 0 Å². The maximum atomic E-state index is 2.48. The van der Waals surface area contributed by atoms with Crippen LogP contribution in [0.3, 0.4) is 0 Å². The van der Waals surface area contributed by atoms with E-state index in [4.69, 9.17) is 0 Å². The number of rotatable bonds is 29. The molecule has 0 nitrogen and oxygen atoms in total. The number of unbranched alkanes of at least 4 members (excludes halogenated alkanes) is 27. The molecular formula is C33H70P+. The van der Waals surface area contributed by atoms with Crippen molar-refractivity contribution in [3.05, 3.63) is 0 Å². The van der Waals surface area contributed by atoms with E-state index in [9.17, 15) is 0 Å². The lowest BCUT2D eigenvalue weighted by Crippen LogP contribution is -1.93. The Balaban J connectivity index is 3.03. The third-order valence-electron chi connectivity index (χ3n) is 7.68. The van der Waals surface area contributed by atoms with Crippen LogP contribution in [0.1, 0.15) is 187 Å². The van der Waals surface area contributed by atoms with Gasteiger partial charge in [-0.3, -0.25) is 0 Å². The van der Waals surface area contributed by atoms with Gasteiger partial charge in [-0.2, -0.15) is 0 Å². The minimum absolute atomic E-state index is 0.517. The van der Waals surface area contributed by atoms with E-state index in [0.29, 0.717) is 0 Å². The molecule has 0 spiro atoms. The Labute approximate surface area is 220 Å². The molecule has 0 aliphatic rings. The quantitative estimate of drug-likeness (QED) is 0.0711. The average molecular weight is 498 g/mol. The molecule has 0 radical (unpaired) electrons. The highest BCUT2D eigenvalue weighted by Crippen LogP contribution is 2.47. The average Bonchev–Trinajstić information content (AvgIpc) is 2.80. The fourth-order valence-electron chi connectivity index (χ4n) is 5.26. The fourth-order valence-corrected chi connectivity index (χ4v) is 6.43. The summed E-state index contributed by atoms with van der Waals surface area (Å²) in [7, 11) is -0.517. The van der Waals surface area contributed by atoms with E-state index in [1.165, 1.54) is 186 Å². The lowest BCUT2D eigenvalue weighted by molar-refractivity contribution is 0.514. The Morgan fingerprint density at radius 1 is 0.265 bits per heavy atom. The summed E-state index contributed by atoms with van der Waals surface area (Å²) in [4.78, 5) is 0. The molecule has 0 saturated heterocycles. The normalized spacial score (nSPS) is 12.0. The smallest absolute Gasteiger partial charge is 0.0586 e. The van der Waals surface area contributed by atoms with Gasteiger partial charge in [0.2, 0.25) is 0 Å². The Hall–Kier alpha value is 0.430. The van der Waals surface area contributed by atoms with Crippen LogP contribution in [-0.2, 0) is 0 Å². The molecule has 0 N–H and O–H groups in total. The van der Waals surface area contributed by atoms with Crippen LogP contribution in [0, 0.1) is 0 Å². The van der Waals surface area contributed by atoms with E-state index in [0.717, 1.165) is 0 Å². The van der Waals surface area contributed by atoms with Gasteiger partial charge in [0.25, 0.3) is 0 Å². The van der Waals surface area contributed by atoms with Crippen molar-refractivity contribution in [1.82, 2.24) is 0 Å². The predicted molar refractivity (Wildman–Crippen MR) is 165 cm³/mol. The van der Waals surface area contributed by atoms with Gasteiger partial charge in [0.05, 0.1) is 6.16 Å². The molecule has 0 aromatic rings. The van der Waals surface area contributed by atoms with Crippen molar-refractivity contribution >= 4 is 7.26 Å². The van der Waals surface area contributed by atoms with Crippen LogP contribution in [0.2, 0.25) is 0 Å². The molecule has 34 heavy (non-hydrogen) atoms. The Morgan fingerprint density at radius 2 is 0.441 bits per heavy atom. The summed E-state index contributed by atoms with van der Waals surface area (Å²) in [6, 6.07) is 0. The lowest BCUT2D eigenvalue weighted by Gasteiger charge is -2.10. The van der Waals surface area contributed by atoms with Gasteiger partial charge < -0.3 is 0 Å². The molecule has 0 unspecified atom stereocenters. The van der Waals surface area contributed by atoms with Crippen molar-refractivity contribution in [2.75, 3.05) is 26.2 Å². The van der Waals surface area contributed by atoms with Crippen LogP contribution in [0.25, 0.3) is 0 Å². The SMILES string of the molecule is CCCCCCCCCCCCCCCCCCCCCCCCCCCCCC[P+](C)(C)C. The Bertz CT molecular complexity index is 356. The molecule has 0 aromatic heterocycles. The largest absolute Gasteiger partial charge is 0.0654 e.